The Morgan fingerprint density at radius 3 is 2.38 bits per heavy atom. The molecule has 0 fully saturated rings. The molecule has 1 amide bonds. The van der Waals surface area contributed by atoms with Crippen LogP contribution in [0.15, 0.2) is 10.6 Å². The Balaban J connectivity index is 2.79. The molecule has 16 heavy (non-hydrogen) atoms. The third-order valence-electron chi connectivity index (χ3n) is 2.81. The summed E-state index contributed by atoms with van der Waals surface area (Å²) >= 11 is 0. The standard InChI is InChI=1S/C11H18N2O3/c1-7-6-8(16-13-7)9(14)12-10(2,3)11(4,5)15/h6,15H,1-5H3,(H,12,14). The van der Waals surface area contributed by atoms with Crippen LogP contribution < -0.4 is 5.32 Å². The van der Waals surface area contributed by atoms with Gasteiger partial charge in [0.25, 0.3) is 5.91 Å². The molecule has 0 radical (unpaired) electrons. The maximum atomic E-state index is 11.8. The summed E-state index contributed by atoms with van der Waals surface area (Å²) in [5.74, 6) is -0.234. The van der Waals surface area contributed by atoms with Gasteiger partial charge in [-0.05, 0) is 34.6 Å². The zero-order chi connectivity index (χ0) is 12.6. The zero-order valence-electron chi connectivity index (χ0n) is 10.3. The van der Waals surface area contributed by atoms with Crippen molar-refractivity contribution in [1.29, 1.82) is 0 Å². The second-order valence-electron chi connectivity index (χ2n) is 4.97. The van der Waals surface area contributed by atoms with E-state index in [1.165, 1.54) is 0 Å². The second-order valence-corrected chi connectivity index (χ2v) is 4.97. The van der Waals surface area contributed by atoms with E-state index in [0.29, 0.717) is 5.69 Å². The van der Waals surface area contributed by atoms with Gasteiger partial charge in [0.15, 0.2) is 0 Å². The minimum Gasteiger partial charge on any atom is -0.388 e. The number of rotatable bonds is 3. The van der Waals surface area contributed by atoms with Gasteiger partial charge < -0.3 is 14.9 Å². The predicted molar refractivity (Wildman–Crippen MR) is 59.1 cm³/mol. The van der Waals surface area contributed by atoms with Crippen LogP contribution in [0.4, 0.5) is 0 Å². The molecule has 0 saturated heterocycles. The first-order valence-electron chi connectivity index (χ1n) is 5.12. The number of aliphatic hydroxyl groups is 1. The number of carbonyl (C=O) groups is 1. The number of carbonyl (C=O) groups excluding carboxylic acids is 1. The summed E-state index contributed by atoms with van der Waals surface area (Å²) in [6.07, 6.45) is 0. The summed E-state index contributed by atoms with van der Waals surface area (Å²) in [5, 5.41) is 16.2. The topological polar surface area (TPSA) is 75.4 Å². The molecule has 0 bridgehead atoms. The quantitative estimate of drug-likeness (QED) is 0.813. The Labute approximate surface area is 94.8 Å². The van der Waals surface area contributed by atoms with Crippen LogP contribution in [0.25, 0.3) is 0 Å². The van der Waals surface area contributed by atoms with Gasteiger partial charge in [0.2, 0.25) is 5.76 Å². The maximum absolute atomic E-state index is 11.8. The molecule has 1 rings (SSSR count). The highest BCUT2D eigenvalue weighted by molar-refractivity contribution is 5.92. The van der Waals surface area contributed by atoms with Crippen molar-refractivity contribution in [2.24, 2.45) is 0 Å². The van der Waals surface area contributed by atoms with Crippen molar-refractivity contribution in [3.05, 3.63) is 17.5 Å². The maximum Gasteiger partial charge on any atom is 0.290 e. The highest BCUT2D eigenvalue weighted by Gasteiger charge is 2.37. The molecule has 0 aromatic carbocycles. The number of nitrogens with zero attached hydrogens (tertiary/aromatic N) is 1. The summed E-state index contributed by atoms with van der Waals surface area (Å²) in [5.41, 5.74) is -1.14. The Hall–Kier alpha value is -1.36. The number of hydrogen-bond acceptors (Lipinski definition) is 4. The van der Waals surface area contributed by atoms with Crippen molar-refractivity contribution >= 4 is 5.91 Å². The third kappa shape index (κ3) is 2.61. The molecule has 0 saturated carbocycles. The van der Waals surface area contributed by atoms with Crippen molar-refractivity contribution in [2.75, 3.05) is 0 Å². The Kier molecular flexibility index (Phi) is 3.10. The van der Waals surface area contributed by atoms with E-state index in [-0.39, 0.29) is 11.7 Å². The van der Waals surface area contributed by atoms with Crippen molar-refractivity contribution < 1.29 is 14.4 Å². The fraction of sp³-hybridized carbons (Fsp3) is 0.636. The van der Waals surface area contributed by atoms with Crippen LogP contribution in [0, 0.1) is 6.92 Å². The molecule has 1 aromatic rings. The molecule has 2 N–H and O–H groups in total. The fourth-order valence-corrected chi connectivity index (χ4v) is 0.969. The van der Waals surface area contributed by atoms with Gasteiger partial charge in [-0.1, -0.05) is 5.16 Å². The average molecular weight is 226 g/mol. The minimum atomic E-state index is -1.03. The van der Waals surface area contributed by atoms with Crippen molar-refractivity contribution in [3.63, 3.8) is 0 Å². The lowest BCUT2D eigenvalue weighted by Gasteiger charge is -2.37. The molecule has 0 aliphatic rings. The number of aryl methyl sites for hydroxylation is 1. The van der Waals surface area contributed by atoms with E-state index in [2.05, 4.69) is 10.5 Å². The number of hydrogen-bond donors (Lipinski definition) is 2. The summed E-state index contributed by atoms with van der Waals surface area (Å²) in [4.78, 5) is 11.8. The van der Waals surface area contributed by atoms with E-state index >= 15 is 0 Å². The molecular weight excluding hydrogens is 208 g/mol. The van der Waals surface area contributed by atoms with Crippen LogP contribution >= 0.6 is 0 Å². The molecule has 0 atom stereocenters. The molecule has 0 aliphatic carbocycles. The monoisotopic (exact) mass is 226 g/mol. The largest absolute Gasteiger partial charge is 0.388 e. The highest BCUT2D eigenvalue weighted by atomic mass is 16.5. The lowest BCUT2D eigenvalue weighted by molar-refractivity contribution is -0.00353. The van der Waals surface area contributed by atoms with E-state index in [1.807, 2.05) is 0 Å². The SMILES string of the molecule is Cc1cc(C(=O)NC(C)(C)C(C)(C)O)on1. The molecule has 5 nitrogen and oxygen atoms in total. The van der Waals surface area contributed by atoms with E-state index in [4.69, 9.17) is 4.52 Å². The fourth-order valence-electron chi connectivity index (χ4n) is 0.969. The molecule has 5 heteroatoms. The van der Waals surface area contributed by atoms with Gasteiger partial charge in [-0.2, -0.15) is 0 Å². The van der Waals surface area contributed by atoms with Gasteiger partial charge in [-0.3, -0.25) is 4.79 Å². The van der Waals surface area contributed by atoms with Crippen LogP contribution in [0.3, 0.4) is 0 Å². The zero-order valence-corrected chi connectivity index (χ0v) is 10.3. The molecule has 0 aliphatic heterocycles. The predicted octanol–water partition coefficient (Wildman–Crippen LogP) is 1.26. The van der Waals surface area contributed by atoms with Crippen LogP contribution in [-0.4, -0.2) is 27.3 Å². The Bertz CT molecular complexity index is 388. The highest BCUT2D eigenvalue weighted by Crippen LogP contribution is 2.21. The normalized spacial score (nSPS) is 12.6. The van der Waals surface area contributed by atoms with Crippen LogP contribution in [0.5, 0.6) is 0 Å². The van der Waals surface area contributed by atoms with E-state index < -0.39 is 11.1 Å². The summed E-state index contributed by atoms with van der Waals surface area (Å²) in [7, 11) is 0. The molecule has 0 unspecified atom stereocenters. The Morgan fingerprint density at radius 1 is 1.44 bits per heavy atom. The number of nitrogens with one attached hydrogen (secondary N) is 1. The first kappa shape index (κ1) is 12.7. The minimum absolute atomic E-state index is 0.148. The molecular formula is C11H18N2O3. The summed E-state index contributed by atoms with van der Waals surface area (Å²) in [6.45, 7) is 8.50. The first-order chi connectivity index (χ1) is 7.13. The second kappa shape index (κ2) is 3.90. The van der Waals surface area contributed by atoms with Crippen molar-refractivity contribution in [3.8, 4) is 0 Å². The van der Waals surface area contributed by atoms with Gasteiger partial charge in [0, 0.05) is 6.07 Å². The smallest absolute Gasteiger partial charge is 0.290 e. The van der Waals surface area contributed by atoms with Crippen LogP contribution in [0.1, 0.15) is 43.9 Å². The van der Waals surface area contributed by atoms with Gasteiger partial charge in [0.05, 0.1) is 16.8 Å². The number of aromatic nitrogens is 1. The van der Waals surface area contributed by atoms with Crippen molar-refractivity contribution in [2.45, 2.75) is 45.8 Å². The summed E-state index contributed by atoms with van der Waals surface area (Å²) < 4.78 is 4.84. The van der Waals surface area contributed by atoms with Crippen LogP contribution in [0.2, 0.25) is 0 Å². The van der Waals surface area contributed by atoms with Gasteiger partial charge >= 0.3 is 0 Å². The molecule has 1 aromatic heterocycles. The molecule has 90 valence electrons. The van der Waals surface area contributed by atoms with Crippen LogP contribution in [-0.2, 0) is 0 Å². The van der Waals surface area contributed by atoms with E-state index in [1.54, 1.807) is 40.7 Å². The van der Waals surface area contributed by atoms with Crippen molar-refractivity contribution in [1.82, 2.24) is 10.5 Å². The lowest BCUT2D eigenvalue weighted by Crippen LogP contribution is -2.57. The Morgan fingerprint density at radius 2 is 2.00 bits per heavy atom. The summed E-state index contributed by atoms with van der Waals surface area (Å²) in [6, 6.07) is 1.55. The van der Waals surface area contributed by atoms with Gasteiger partial charge in [0.1, 0.15) is 0 Å². The van der Waals surface area contributed by atoms with Gasteiger partial charge in [-0.25, -0.2) is 0 Å². The first-order valence-corrected chi connectivity index (χ1v) is 5.12. The van der Waals surface area contributed by atoms with Gasteiger partial charge in [-0.15, -0.1) is 0 Å². The lowest BCUT2D eigenvalue weighted by atomic mass is 9.86. The molecule has 1 heterocycles. The number of amides is 1. The van der Waals surface area contributed by atoms with E-state index in [9.17, 15) is 9.90 Å². The average Bonchev–Trinajstić information content (AvgIpc) is 2.48. The molecule has 0 spiro atoms. The third-order valence-corrected chi connectivity index (χ3v) is 2.81. The van der Waals surface area contributed by atoms with E-state index in [0.717, 1.165) is 0 Å².